The Morgan fingerprint density at radius 3 is 0.923 bits per heavy atom. The molecule has 0 bridgehead atoms. The summed E-state index contributed by atoms with van der Waals surface area (Å²) >= 11 is 4.07. The van der Waals surface area contributed by atoms with Crippen LogP contribution in [0.2, 0.25) is 78.6 Å². The maximum Gasteiger partial charge on any atom is 0.123 e. The molecule has 0 saturated carbocycles. The summed E-state index contributed by atoms with van der Waals surface area (Å²) in [6, 6.07) is 9.05. The summed E-state index contributed by atoms with van der Waals surface area (Å²) in [6.07, 6.45) is 0. The van der Waals surface area contributed by atoms with Gasteiger partial charge in [0.2, 0.25) is 0 Å². The molecule has 1 aromatic carbocycles. The van der Waals surface area contributed by atoms with Gasteiger partial charge in [0, 0.05) is 9.79 Å². The van der Waals surface area contributed by atoms with E-state index in [9.17, 15) is 0 Å². The number of hydrogen-bond donors (Lipinski definition) is 0. The van der Waals surface area contributed by atoms with Gasteiger partial charge in [-0.25, -0.2) is 0 Å². The van der Waals surface area contributed by atoms with Gasteiger partial charge in [0.05, 0.1) is 0 Å². The fraction of sp³-hybridized carbons (Fsp3) is 0.667. The first kappa shape index (κ1) is 24.7. The molecule has 0 unspecified atom stereocenters. The van der Waals surface area contributed by atoms with Crippen LogP contribution in [0.1, 0.15) is 0 Å². The zero-order valence-electron chi connectivity index (χ0n) is 19.0. The van der Waals surface area contributed by atoms with Crippen molar-refractivity contribution in [2.24, 2.45) is 0 Å². The lowest BCUT2D eigenvalue weighted by Crippen LogP contribution is -2.55. The highest BCUT2D eigenvalue weighted by molar-refractivity contribution is 8.02. The number of benzene rings is 1. The van der Waals surface area contributed by atoms with E-state index < -0.39 is 32.9 Å². The lowest BCUT2D eigenvalue weighted by Gasteiger charge is -2.44. The predicted octanol–water partition coefficient (Wildman–Crippen LogP) is 7.64. The van der Waals surface area contributed by atoms with Crippen molar-refractivity contribution in [3.8, 4) is 0 Å². The van der Waals surface area contributed by atoms with Crippen LogP contribution in [-0.4, -0.2) is 40.2 Å². The van der Waals surface area contributed by atoms with Crippen LogP contribution >= 0.6 is 23.9 Å². The van der Waals surface area contributed by atoms with Crippen LogP contribution in [0.15, 0.2) is 34.1 Å². The lowest BCUT2D eigenvalue weighted by molar-refractivity contribution is 0.972. The van der Waals surface area contributed by atoms with Crippen LogP contribution in [0.25, 0.3) is 0 Å². The Kier molecular flexibility index (Phi) is 8.19. The quantitative estimate of drug-likeness (QED) is 0.290. The van der Waals surface area contributed by atoms with Crippen LogP contribution in [0.3, 0.4) is 0 Å². The molecule has 0 saturated heterocycles. The van der Waals surface area contributed by atoms with Gasteiger partial charge in [0.1, 0.15) is 32.9 Å². The highest BCUT2D eigenvalue weighted by atomic mass is 32.2. The van der Waals surface area contributed by atoms with Crippen LogP contribution in [0, 0.1) is 0 Å². The number of hydrogen-bond acceptors (Lipinski definition) is 4. The SMILES string of the molecule is C[Si](C)(C)N(Sc1ccccc1SN([Si](C)(C)C)[Si](C)(C)C)[Si](C)(C)C. The smallest absolute Gasteiger partial charge is 0.123 e. The monoisotopic (exact) mass is 460 g/mol. The predicted molar refractivity (Wildman–Crippen MR) is 135 cm³/mol. The topological polar surface area (TPSA) is 6.48 Å². The molecule has 0 atom stereocenters. The molecule has 0 radical (unpaired) electrons. The van der Waals surface area contributed by atoms with Crippen molar-refractivity contribution in [3.63, 3.8) is 0 Å². The molecule has 150 valence electrons. The largest absolute Gasteiger partial charge is 0.289 e. The Morgan fingerprint density at radius 1 is 0.500 bits per heavy atom. The summed E-state index contributed by atoms with van der Waals surface area (Å²) in [4.78, 5) is 2.87. The molecule has 1 rings (SSSR count). The fourth-order valence-corrected chi connectivity index (χ4v) is 26.2. The highest BCUT2D eigenvalue weighted by Gasteiger charge is 2.38. The van der Waals surface area contributed by atoms with Crippen LogP contribution in [-0.2, 0) is 0 Å². The molecule has 0 aliphatic heterocycles. The molecule has 26 heavy (non-hydrogen) atoms. The zero-order chi connectivity index (χ0) is 20.6. The minimum atomic E-state index is -1.39. The molecular weight excluding hydrogens is 421 g/mol. The van der Waals surface area contributed by atoms with Crippen LogP contribution in [0.5, 0.6) is 0 Å². The van der Waals surface area contributed by atoms with E-state index in [0.717, 1.165) is 0 Å². The third kappa shape index (κ3) is 7.27. The van der Waals surface area contributed by atoms with E-state index in [4.69, 9.17) is 0 Å². The highest BCUT2D eigenvalue weighted by Crippen LogP contribution is 2.42. The molecule has 0 aliphatic carbocycles. The van der Waals surface area contributed by atoms with E-state index in [1.54, 1.807) is 0 Å². The third-order valence-electron chi connectivity index (χ3n) is 3.67. The van der Waals surface area contributed by atoms with Crippen molar-refractivity contribution >= 4 is 56.8 Å². The van der Waals surface area contributed by atoms with Gasteiger partial charge in [-0.1, -0.05) is 115 Å². The Morgan fingerprint density at radius 2 is 0.731 bits per heavy atom. The van der Waals surface area contributed by atoms with Crippen molar-refractivity contribution in [1.29, 1.82) is 0 Å². The standard InChI is InChI=1S/C18H40N2S2Si4/c1-23(2,3)19(24(4,5)6)21-17-15-13-14-16-18(17)22-20(25(7,8)9)26(10,11)12/h13-16H,1-12H3. The van der Waals surface area contributed by atoms with E-state index >= 15 is 0 Å². The van der Waals surface area contributed by atoms with Crippen molar-refractivity contribution < 1.29 is 0 Å². The van der Waals surface area contributed by atoms with Crippen molar-refractivity contribution in [2.45, 2.75) is 88.4 Å². The van der Waals surface area contributed by atoms with E-state index in [1.807, 2.05) is 23.9 Å². The molecule has 8 heteroatoms. The second-order valence-electron chi connectivity index (χ2n) is 10.9. The van der Waals surface area contributed by atoms with E-state index in [-0.39, 0.29) is 0 Å². The molecule has 0 aliphatic rings. The van der Waals surface area contributed by atoms with Crippen molar-refractivity contribution in [3.05, 3.63) is 24.3 Å². The summed E-state index contributed by atoms with van der Waals surface area (Å²) in [5, 5.41) is 0. The minimum Gasteiger partial charge on any atom is -0.289 e. The average Bonchev–Trinajstić information content (AvgIpc) is 2.38. The van der Waals surface area contributed by atoms with Gasteiger partial charge >= 0.3 is 0 Å². The fourth-order valence-electron chi connectivity index (χ4n) is 3.36. The second kappa shape index (κ2) is 8.60. The first-order valence-electron chi connectivity index (χ1n) is 9.50. The third-order valence-corrected chi connectivity index (χ3v) is 25.9. The van der Waals surface area contributed by atoms with Gasteiger partial charge in [0.25, 0.3) is 0 Å². The molecule has 0 N–H and O–H groups in total. The molecule has 0 heterocycles. The minimum absolute atomic E-state index is 1.39. The van der Waals surface area contributed by atoms with Crippen molar-refractivity contribution in [2.75, 3.05) is 0 Å². The van der Waals surface area contributed by atoms with E-state index in [1.165, 1.54) is 9.79 Å². The molecular formula is C18H40N2S2Si4. The first-order chi connectivity index (χ1) is 11.4. The van der Waals surface area contributed by atoms with Crippen LogP contribution < -0.4 is 0 Å². The van der Waals surface area contributed by atoms with Gasteiger partial charge < -0.3 is 0 Å². The second-order valence-corrected chi connectivity index (χ2v) is 34.2. The summed E-state index contributed by atoms with van der Waals surface area (Å²) in [5.41, 5.74) is 0. The normalized spacial score (nSPS) is 14.4. The maximum absolute atomic E-state index is 2.81. The summed E-state index contributed by atoms with van der Waals surface area (Å²) in [5.74, 6) is 0. The van der Waals surface area contributed by atoms with E-state index in [2.05, 4.69) is 110 Å². The van der Waals surface area contributed by atoms with Gasteiger partial charge in [-0.3, -0.25) is 7.27 Å². The molecule has 1 aromatic rings. The summed E-state index contributed by atoms with van der Waals surface area (Å²) < 4.78 is 5.62. The summed E-state index contributed by atoms with van der Waals surface area (Å²) in [7, 11) is -5.55. The van der Waals surface area contributed by atoms with Gasteiger partial charge in [-0.2, -0.15) is 0 Å². The number of rotatable bonds is 8. The molecule has 2 nitrogen and oxygen atoms in total. The van der Waals surface area contributed by atoms with Gasteiger partial charge in [-0.15, -0.1) is 0 Å². The Balaban J connectivity index is 3.26. The Labute approximate surface area is 176 Å². The molecule has 0 fully saturated rings. The van der Waals surface area contributed by atoms with Crippen molar-refractivity contribution in [1.82, 2.24) is 7.27 Å². The first-order valence-corrected chi connectivity index (χ1v) is 24.8. The lowest BCUT2D eigenvalue weighted by atomic mass is 10.4. The summed E-state index contributed by atoms with van der Waals surface area (Å²) in [6.45, 7) is 29.7. The molecule has 0 amide bonds. The van der Waals surface area contributed by atoms with Gasteiger partial charge in [0.15, 0.2) is 0 Å². The van der Waals surface area contributed by atoms with E-state index in [0.29, 0.717) is 0 Å². The molecule has 0 spiro atoms. The Bertz CT molecular complexity index is 518. The Hall–Kier alpha value is 0.708. The number of nitrogens with zero attached hydrogens (tertiary/aromatic N) is 2. The average molecular weight is 461 g/mol. The van der Waals surface area contributed by atoms with Crippen LogP contribution in [0.4, 0.5) is 0 Å². The maximum atomic E-state index is 2.81. The molecule has 0 aromatic heterocycles. The zero-order valence-corrected chi connectivity index (χ0v) is 24.7. The van der Waals surface area contributed by atoms with Gasteiger partial charge in [-0.05, 0) is 12.1 Å².